The quantitative estimate of drug-likeness (QED) is 0.817. The van der Waals surface area contributed by atoms with Gasteiger partial charge < -0.3 is 19.6 Å². The second kappa shape index (κ2) is 7.34. The van der Waals surface area contributed by atoms with Crippen molar-refractivity contribution in [3.63, 3.8) is 0 Å². The molecule has 2 N–H and O–H groups in total. The summed E-state index contributed by atoms with van der Waals surface area (Å²) in [6.07, 6.45) is -6.08. The second-order valence-corrected chi connectivity index (χ2v) is 4.87. The summed E-state index contributed by atoms with van der Waals surface area (Å²) < 4.78 is 50.2. The standard InChI is InChI=1S/C15H13F3N2O5/c1-23-12(21)10-11(9(19)7-8-5-3-2-4-6-8)24-14(20-10)25-13(22)15(16,17)18/h2-6,9H,7,19H2,1H3. The number of oxazole rings is 1. The number of halogens is 3. The van der Waals surface area contributed by atoms with E-state index in [0.717, 1.165) is 12.7 Å². The topological polar surface area (TPSA) is 105 Å². The van der Waals surface area contributed by atoms with Crippen LogP contribution in [0.5, 0.6) is 6.08 Å². The number of hydrogen-bond acceptors (Lipinski definition) is 7. The first kappa shape index (κ1) is 18.5. The van der Waals surface area contributed by atoms with Gasteiger partial charge >= 0.3 is 24.2 Å². The zero-order chi connectivity index (χ0) is 18.6. The van der Waals surface area contributed by atoms with Crippen molar-refractivity contribution in [3.05, 3.63) is 47.3 Å². The van der Waals surface area contributed by atoms with Crippen LogP contribution < -0.4 is 10.5 Å². The molecule has 0 aliphatic rings. The second-order valence-electron chi connectivity index (χ2n) is 4.87. The molecule has 7 nitrogen and oxygen atoms in total. The van der Waals surface area contributed by atoms with E-state index in [1.54, 1.807) is 30.3 Å². The van der Waals surface area contributed by atoms with E-state index in [4.69, 9.17) is 10.2 Å². The third kappa shape index (κ3) is 4.57. The van der Waals surface area contributed by atoms with Crippen molar-refractivity contribution in [3.8, 4) is 6.08 Å². The highest BCUT2D eigenvalue weighted by Gasteiger charge is 2.43. The molecule has 1 aromatic carbocycles. The first-order valence-corrected chi connectivity index (χ1v) is 6.90. The van der Waals surface area contributed by atoms with Gasteiger partial charge in [-0.25, -0.2) is 9.59 Å². The van der Waals surface area contributed by atoms with Crippen molar-refractivity contribution in [1.29, 1.82) is 0 Å². The van der Waals surface area contributed by atoms with Gasteiger partial charge in [-0.2, -0.15) is 18.2 Å². The molecule has 2 rings (SSSR count). The van der Waals surface area contributed by atoms with E-state index in [1.807, 2.05) is 0 Å². The van der Waals surface area contributed by atoms with Gasteiger partial charge in [0.2, 0.25) is 0 Å². The molecule has 0 aliphatic heterocycles. The molecule has 1 aromatic heterocycles. The first-order valence-electron chi connectivity index (χ1n) is 6.90. The molecule has 0 saturated heterocycles. The number of aromatic nitrogens is 1. The van der Waals surface area contributed by atoms with Gasteiger partial charge in [-0.05, 0) is 12.0 Å². The van der Waals surface area contributed by atoms with E-state index in [0.29, 0.717) is 0 Å². The number of benzene rings is 1. The third-order valence-electron chi connectivity index (χ3n) is 3.06. The van der Waals surface area contributed by atoms with E-state index >= 15 is 0 Å². The molecule has 0 saturated carbocycles. The lowest BCUT2D eigenvalue weighted by molar-refractivity contribution is -0.191. The Kier molecular flexibility index (Phi) is 5.42. The molecule has 0 bridgehead atoms. The van der Waals surface area contributed by atoms with Gasteiger partial charge in [-0.1, -0.05) is 30.3 Å². The zero-order valence-corrected chi connectivity index (χ0v) is 12.9. The van der Waals surface area contributed by atoms with E-state index in [2.05, 4.69) is 14.5 Å². The molecule has 1 unspecified atom stereocenters. The molecule has 0 aliphatic carbocycles. The van der Waals surface area contributed by atoms with Crippen LogP contribution in [0, 0.1) is 0 Å². The number of ether oxygens (including phenoxy) is 2. The summed E-state index contributed by atoms with van der Waals surface area (Å²) in [4.78, 5) is 26.0. The number of nitrogens with zero attached hydrogens (tertiary/aromatic N) is 1. The number of hydrogen-bond donors (Lipinski definition) is 1. The Balaban J connectivity index is 2.28. The van der Waals surface area contributed by atoms with E-state index in [-0.39, 0.29) is 12.2 Å². The first-order chi connectivity index (χ1) is 11.7. The molecule has 0 fully saturated rings. The SMILES string of the molecule is COC(=O)c1nc(OC(=O)C(F)(F)F)oc1C(N)Cc1ccccc1. The van der Waals surface area contributed by atoms with Crippen molar-refractivity contribution < 1.29 is 36.7 Å². The van der Waals surface area contributed by atoms with Gasteiger partial charge in [0.1, 0.15) is 0 Å². The summed E-state index contributed by atoms with van der Waals surface area (Å²) in [6.45, 7) is 0. The lowest BCUT2D eigenvalue weighted by Gasteiger charge is -2.09. The Morgan fingerprint density at radius 2 is 1.92 bits per heavy atom. The van der Waals surface area contributed by atoms with Gasteiger partial charge in [0.25, 0.3) is 0 Å². The van der Waals surface area contributed by atoms with Gasteiger partial charge in [0.15, 0.2) is 11.5 Å². The maximum Gasteiger partial charge on any atom is 0.491 e. The molecule has 25 heavy (non-hydrogen) atoms. The molecule has 1 heterocycles. The maximum absolute atomic E-state index is 12.3. The van der Waals surface area contributed by atoms with Crippen LogP contribution >= 0.6 is 0 Å². The highest BCUT2D eigenvalue weighted by atomic mass is 19.4. The third-order valence-corrected chi connectivity index (χ3v) is 3.06. The maximum atomic E-state index is 12.3. The van der Waals surface area contributed by atoms with Crippen LogP contribution in [0.25, 0.3) is 0 Å². The van der Waals surface area contributed by atoms with Crippen molar-refractivity contribution in [2.24, 2.45) is 5.73 Å². The molecular weight excluding hydrogens is 345 g/mol. The average Bonchev–Trinajstić information content (AvgIpc) is 2.98. The minimum absolute atomic E-state index is 0.201. The largest absolute Gasteiger partial charge is 0.491 e. The molecular formula is C15H13F3N2O5. The van der Waals surface area contributed by atoms with E-state index in [1.165, 1.54) is 0 Å². The summed E-state index contributed by atoms with van der Waals surface area (Å²) >= 11 is 0. The van der Waals surface area contributed by atoms with Gasteiger partial charge in [-0.3, -0.25) is 0 Å². The Morgan fingerprint density at radius 1 is 1.28 bits per heavy atom. The normalized spacial score (nSPS) is 12.5. The highest BCUT2D eigenvalue weighted by Crippen LogP contribution is 2.27. The van der Waals surface area contributed by atoms with Crippen LogP contribution in [0.3, 0.4) is 0 Å². The molecule has 0 radical (unpaired) electrons. The van der Waals surface area contributed by atoms with Crippen LogP contribution in [-0.4, -0.2) is 30.2 Å². The lowest BCUT2D eigenvalue weighted by atomic mass is 10.0. The number of carbonyl (C=O) groups is 2. The van der Waals surface area contributed by atoms with E-state index in [9.17, 15) is 22.8 Å². The zero-order valence-electron chi connectivity index (χ0n) is 12.9. The molecule has 134 valence electrons. The predicted molar refractivity (Wildman–Crippen MR) is 76.6 cm³/mol. The Bertz CT molecular complexity index is 758. The number of alkyl halides is 3. The van der Waals surface area contributed by atoms with Crippen LogP contribution in [-0.2, 0) is 16.0 Å². The Morgan fingerprint density at radius 3 is 2.48 bits per heavy atom. The summed E-state index contributed by atoms with van der Waals surface area (Å²) in [5.41, 5.74) is 6.27. The number of nitrogens with two attached hydrogens (primary N) is 1. The van der Waals surface area contributed by atoms with Crippen molar-refractivity contribution in [2.45, 2.75) is 18.6 Å². The number of carbonyl (C=O) groups excluding carboxylic acids is 2. The highest BCUT2D eigenvalue weighted by molar-refractivity contribution is 5.88. The van der Waals surface area contributed by atoms with Crippen LogP contribution in [0.15, 0.2) is 34.7 Å². The Labute approximate surface area is 139 Å². The van der Waals surface area contributed by atoms with Crippen LogP contribution in [0.4, 0.5) is 13.2 Å². The predicted octanol–water partition coefficient (Wildman–Crippen LogP) is 2.17. The molecule has 0 amide bonds. The van der Waals surface area contributed by atoms with Crippen molar-refractivity contribution in [1.82, 2.24) is 4.98 Å². The van der Waals surface area contributed by atoms with Crippen molar-refractivity contribution in [2.75, 3.05) is 7.11 Å². The van der Waals surface area contributed by atoms with Gasteiger partial charge in [0.05, 0.1) is 13.2 Å². The average molecular weight is 358 g/mol. The molecule has 1 atom stereocenters. The fourth-order valence-corrected chi connectivity index (χ4v) is 1.95. The van der Waals surface area contributed by atoms with Crippen molar-refractivity contribution >= 4 is 11.9 Å². The summed E-state index contributed by atoms with van der Waals surface area (Å²) in [5.74, 6) is -3.77. The monoisotopic (exact) mass is 358 g/mol. The summed E-state index contributed by atoms with van der Waals surface area (Å²) in [7, 11) is 1.05. The fourth-order valence-electron chi connectivity index (χ4n) is 1.95. The minimum atomic E-state index is -5.24. The smallest absolute Gasteiger partial charge is 0.464 e. The van der Waals surface area contributed by atoms with Crippen LogP contribution in [0.2, 0.25) is 0 Å². The van der Waals surface area contributed by atoms with E-state index < -0.39 is 35.9 Å². The number of methoxy groups -OCH3 is 1. The fraction of sp³-hybridized carbons (Fsp3) is 0.267. The minimum Gasteiger partial charge on any atom is -0.464 e. The van der Waals surface area contributed by atoms with Gasteiger partial charge in [-0.15, -0.1) is 0 Å². The molecule has 2 aromatic rings. The Hall–Kier alpha value is -2.88. The lowest BCUT2D eigenvalue weighted by Crippen LogP contribution is -2.28. The molecule has 10 heteroatoms. The van der Waals surface area contributed by atoms with Gasteiger partial charge in [0, 0.05) is 0 Å². The van der Waals surface area contributed by atoms with Crippen LogP contribution in [0.1, 0.15) is 27.9 Å². The number of esters is 2. The summed E-state index contributed by atoms with van der Waals surface area (Å²) in [5, 5.41) is 0. The summed E-state index contributed by atoms with van der Waals surface area (Å²) in [6, 6.07) is 7.91. The molecule has 0 spiro atoms. The number of rotatable bonds is 5.